The molecule has 3 rings (SSSR count). The van der Waals surface area contributed by atoms with E-state index in [2.05, 4.69) is 16.9 Å². The van der Waals surface area contributed by atoms with Crippen molar-refractivity contribution in [3.8, 4) is 0 Å². The molecule has 1 N–H and O–H groups in total. The number of rotatable bonds is 3. The highest BCUT2D eigenvalue weighted by Gasteiger charge is 2.27. The molecule has 2 aromatic rings. The van der Waals surface area contributed by atoms with Crippen LogP contribution in [0, 0.1) is 0 Å². The zero-order valence-corrected chi connectivity index (χ0v) is 12.8. The number of hydrogen-bond acceptors (Lipinski definition) is 3. The van der Waals surface area contributed by atoms with Gasteiger partial charge in [-0.3, -0.25) is 4.90 Å². The van der Waals surface area contributed by atoms with Crippen molar-refractivity contribution in [1.29, 1.82) is 0 Å². The molecule has 0 spiro atoms. The number of likely N-dealkylation sites (tertiary alicyclic amines) is 1. The third-order valence-corrected chi connectivity index (χ3v) is 4.43. The molecule has 3 nitrogen and oxygen atoms in total. The maximum Gasteiger partial charge on any atom is 0.129 e. The molecule has 1 aromatic carbocycles. The van der Waals surface area contributed by atoms with Crippen molar-refractivity contribution in [1.82, 2.24) is 9.88 Å². The third-order valence-electron chi connectivity index (χ3n) is 4.22. The first kappa shape index (κ1) is 14.5. The van der Waals surface area contributed by atoms with E-state index in [1.807, 2.05) is 36.5 Å². The fraction of sp³-hybridized carbons (Fsp3) is 0.353. The number of aromatic nitrogens is 1. The first-order valence-electron chi connectivity index (χ1n) is 7.25. The molecule has 1 aliphatic rings. The van der Waals surface area contributed by atoms with Crippen LogP contribution in [0.25, 0.3) is 0 Å². The van der Waals surface area contributed by atoms with Crippen LogP contribution in [0.3, 0.4) is 0 Å². The van der Waals surface area contributed by atoms with Crippen molar-refractivity contribution >= 4 is 11.6 Å². The van der Waals surface area contributed by atoms with Gasteiger partial charge in [0.2, 0.25) is 0 Å². The Morgan fingerprint density at radius 2 is 2.10 bits per heavy atom. The Hall–Kier alpha value is -1.42. The minimum absolute atomic E-state index is 0.308. The fourth-order valence-corrected chi connectivity index (χ4v) is 3.25. The molecule has 0 amide bonds. The predicted octanol–water partition coefficient (Wildman–Crippen LogP) is 3.58. The topological polar surface area (TPSA) is 36.4 Å². The lowest BCUT2D eigenvalue weighted by Gasteiger charge is -2.24. The molecule has 0 aliphatic carbocycles. The van der Waals surface area contributed by atoms with Gasteiger partial charge < -0.3 is 5.11 Å². The number of benzene rings is 1. The molecule has 2 atom stereocenters. The zero-order chi connectivity index (χ0) is 14.8. The van der Waals surface area contributed by atoms with Gasteiger partial charge in [0.25, 0.3) is 0 Å². The van der Waals surface area contributed by atoms with E-state index in [-0.39, 0.29) is 0 Å². The van der Waals surface area contributed by atoms with Gasteiger partial charge in [0.1, 0.15) is 11.3 Å². The molecule has 1 aliphatic heterocycles. The highest BCUT2D eigenvalue weighted by molar-refractivity contribution is 6.29. The Balaban J connectivity index is 2.02. The molecule has 0 bridgehead atoms. The lowest BCUT2D eigenvalue weighted by atomic mass is 9.93. The highest BCUT2D eigenvalue weighted by atomic mass is 35.5. The van der Waals surface area contributed by atoms with Gasteiger partial charge in [0.05, 0.1) is 0 Å². The smallest absolute Gasteiger partial charge is 0.129 e. The summed E-state index contributed by atoms with van der Waals surface area (Å²) in [7, 11) is 2.12. The summed E-state index contributed by atoms with van der Waals surface area (Å²) in [6.07, 6.45) is 3.41. The lowest BCUT2D eigenvalue weighted by molar-refractivity contribution is 0.215. The molecule has 0 unspecified atom stereocenters. The monoisotopic (exact) mass is 302 g/mol. The van der Waals surface area contributed by atoms with E-state index in [1.165, 1.54) is 6.42 Å². The van der Waals surface area contributed by atoms with E-state index in [0.717, 1.165) is 29.7 Å². The summed E-state index contributed by atoms with van der Waals surface area (Å²) in [5.74, 6) is 0. The van der Waals surface area contributed by atoms with Gasteiger partial charge in [0, 0.05) is 12.2 Å². The summed E-state index contributed by atoms with van der Waals surface area (Å²) in [6.45, 7) is 1.08. The zero-order valence-electron chi connectivity index (χ0n) is 12.0. The Morgan fingerprint density at radius 1 is 1.33 bits per heavy atom. The standard InChI is InChI=1S/C17H19ClN2O/c1-20-9-5-8-15(20)14-11-19-16(18)10-13(14)17(21)12-6-3-2-4-7-12/h2-4,6-7,10-11,15,17,21H,5,8-9H2,1H3/t15-,17+/m0/s1. The van der Waals surface area contributed by atoms with Gasteiger partial charge in [-0.25, -0.2) is 4.98 Å². The SMILES string of the molecule is CN1CCC[C@H]1c1cnc(Cl)cc1[C@H](O)c1ccccc1. The summed E-state index contributed by atoms with van der Waals surface area (Å²) in [6, 6.07) is 11.8. The maximum absolute atomic E-state index is 10.7. The maximum atomic E-state index is 10.7. The predicted molar refractivity (Wildman–Crippen MR) is 84.4 cm³/mol. The van der Waals surface area contributed by atoms with Gasteiger partial charge in [-0.15, -0.1) is 0 Å². The van der Waals surface area contributed by atoms with Crippen LogP contribution < -0.4 is 0 Å². The first-order chi connectivity index (χ1) is 10.2. The minimum Gasteiger partial charge on any atom is -0.384 e. The quantitative estimate of drug-likeness (QED) is 0.880. The highest BCUT2D eigenvalue weighted by Crippen LogP contribution is 2.36. The second kappa shape index (κ2) is 6.14. The van der Waals surface area contributed by atoms with E-state index < -0.39 is 6.10 Å². The largest absolute Gasteiger partial charge is 0.384 e. The van der Waals surface area contributed by atoms with E-state index in [0.29, 0.717) is 11.2 Å². The molecule has 1 fully saturated rings. The van der Waals surface area contributed by atoms with Crippen molar-refractivity contribution in [3.05, 3.63) is 64.4 Å². The molecular weight excluding hydrogens is 284 g/mol. The summed E-state index contributed by atoms with van der Waals surface area (Å²) in [5, 5.41) is 11.2. The van der Waals surface area contributed by atoms with E-state index >= 15 is 0 Å². The number of aliphatic hydroxyl groups is 1. The molecule has 0 radical (unpaired) electrons. The number of aliphatic hydroxyl groups excluding tert-OH is 1. The average molecular weight is 303 g/mol. The van der Waals surface area contributed by atoms with Crippen LogP contribution in [0.5, 0.6) is 0 Å². The number of hydrogen-bond donors (Lipinski definition) is 1. The minimum atomic E-state index is -0.671. The Labute approximate surface area is 130 Å². The first-order valence-corrected chi connectivity index (χ1v) is 7.63. The molecular formula is C17H19ClN2O. The van der Waals surface area contributed by atoms with Crippen molar-refractivity contribution in [2.24, 2.45) is 0 Å². The normalized spacial score (nSPS) is 20.6. The third kappa shape index (κ3) is 2.95. The van der Waals surface area contributed by atoms with Gasteiger partial charge >= 0.3 is 0 Å². The molecule has 110 valence electrons. The van der Waals surface area contributed by atoms with Crippen molar-refractivity contribution < 1.29 is 5.11 Å². The van der Waals surface area contributed by atoms with E-state index in [9.17, 15) is 5.11 Å². The molecule has 1 aromatic heterocycles. The van der Waals surface area contributed by atoms with Gasteiger partial charge in [-0.1, -0.05) is 41.9 Å². The van der Waals surface area contributed by atoms with Gasteiger partial charge in [-0.2, -0.15) is 0 Å². The van der Waals surface area contributed by atoms with Crippen LogP contribution in [-0.4, -0.2) is 28.6 Å². The average Bonchev–Trinajstić information content (AvgIpc) is 2.93. The second-order valence-corrected chi connectivity index (χ2v) is 5.98. The summed E-state index contributed by atoms with van der Waals surface area (Å²) >= 11 is 6.06. The van der Waals surface area contributed by atoms with Crippen molar-refractivity contribution in [2.45, 2.75) is 25.0 Å². The molecule has 21 heavy (non-hydrogen) atoms. The summed E-state index contributed by atoms with van der Waals surface area (Å²) < 4.78 is 0. The van der Waals surface area contributed by atoms with E-state index in [1.54, 1.807) is 6.07 Å². The summed E-state index contributed by atoms with van der Waals surface area (Å²) in [4.78, 5) is 6.53. The van der Waals surface area contributed by atoms with Gasteiger partial charge in [-0.05, 0) is 49.2 Å². The Morgan fingerprint density at radius 3 is 2.76 bits per heavy atom. The molecule has 4 heteroatoms. The number of nitrogens with zero attached hydrogens (tertiary/aromatic N) is 2. The number of pyridine rings is 1. The Kier molecular flexibility index (Phi) is 4.24. The van der Waals surface area contributed by atoms with Crippen molar-refractivity contribution in [3.63, 3.8) is 0 Å². The molecule has 0 saturated carbocycles. The van der Waals surface area contributed by atoms with Crippen molar-refractivity contribution in [2.75, 3.05) is 13.6 Å². The summed E-state index contributed by atoms with van der Waals surface area (Å²) in [5.41, 5.74) is 2.82. The van der Waals surface area contributed by atoms with Crippen LogP contribution in [-0.2, 0) is 0 Å². The molecule has 2 heterocycles. The fourth-order valence-electron chi connectivity index (χ4n) is 3.09. The lowest BCUT2D eigenvalue weighted by Crippen LogP contribution is -2.20. The van der Waals surface area contributed by atoms with Crippen LogP contribution in [0.4, 0.5) is 0 Å². The van der Waals surface area contributed by atoms with Crippen LogP contribution >= 0.6 is 11.6 Å². The number of halogens is 1. The molecule has 1 saturated heterocycles. The second-order valence-electron chi connectivity index (χ2n) is 5.59. The van der Waals surface area contributed by atoms with Gasteiger partial charge in [0.15, 0.2) is 0 Å². The van der Waals surface area contributed by atoms with Crippen LogP contribution in [0.15, 0.2) is 42.6 Å². The van der Waals surface area contributed by atoms with E-state index in [4.69, 9.17) is 11.6 Å². The van der Waals surface area contributed by atoms with Crippen LogP contribution in [0.1, 0.15) is 41.7 Å². The Bertz CT molecular complexity index is 617. The van der Waals surface area contributed by atoms with Crippen LogP contribution in [0.2, 0.25) is 5.15 Å².